The SMILES string of the molecule is CCCCCC(=O)c1csc(I)c1. The molecule has 1 rings (SSSR count). The Labute approximate surface area is 96.7 Å². The van der Waals surface area contributed by atoms with E-state index in [1.54, 1.807) is 11.3 Å². The summed E-state index contributed by atoms with van der Waals surface area (Å²) >= 11 is 3.88. The molecule has 0 saturated carbocycles. The highest BCUT2D eigenvalue weighted by Gasteiger charge is 2.06. The second kappa shape index (κ2) is 5.75. The summed E-state index contributed by atoms with van der Waals surface area (Å²) in [6.45, 7) is 2.15. The van der Waals surface area contributed by atoms with Crippen molar-refractivity contribution in [3.05, 3.63) is 19.9 Å². The number of thiophene rings is 1. The Morgan fingerprint density at radius 2 is 2.31 bits per heavy atom. The minimum absolute atomic E-state index is 0.299. The maximum absolute atomic E-state index is 11.5. The monoisotopic (exact) mass is 308 g/mol. The highest BCUT2D eigenvalue weighted by Crippen LogP contribution is 2.18. The predicted octanol–water partition coefficient (Wildman–Crippen LogP) is 4.12. The van der Waals surface area contributed by atoms with E-state index in [1.807, 2.05) is 11.4 Å². The zero-order valence-corrected chi connectivity index (χ0v) is 10.7. The Bertz CT molecular complexity index is 280. The maximum atomic E-state index is 11.5. The van der Waals surface area contributed by atoms with Crippen molar-refractivity contribution in [2.75, 3.05) is 0 Å². The Kier molecular flexibility index (Phi) is 4.94. The molecular weight excluding hydrogens is 295 g/mol. The molecule has 0 aliphatic heterocycles. The molecule has 0 atom stereocenters. The smallest absolute Gasteiger partial charge is 0.163 e. The first-order valence-electron chi connectivity index (χ1n) is 4.51. The minimum atomic E-state index is 0.299. The summed E-state index contributed by atoms with van der Waals surface area (Å²) in [5.74, 6) is 0.299. The van der Waals surface area contributed by atoms with Gasteiger partial charge in [0.25, 0.3) is 0 Å². The number of rotatable bonds is 5. The van der Waals surface area contributed by atoms with E-state index < -0.39 is 0 Å². The van der Waals surface area contributed by atoms with Crippen LogP contribution >= 0.6 is 33.9 Å². The van der Waals surface area contributed by atoms with Crippen molar-refractivity contribution >= 4 is 39.7 Å². The lowest BCUT2D eigenvalue weighted by molar-refractivity contribution is 0.0979. The van der Waals surface area contributed by atoms with Crippen molar-refractivity contribution in [3.8, 4) is 0 Å². The minimum Gasteiger partial charge on any atom is -0.294 e. The summed E-state index contributed by atoms with van der Waals surface area (Å²) in [7, 11) is 0. The van der Waals surface area contributed by atoms with E-state index in [0.29, 0.717) is 12.2 Å². The second-order valence-corrected chi connectivity index (χ2v) is 5.83. The fourth-order valence-corrected chi connectivity index (χ4v) is 2.49. The van der Waals surface area contributed by atoms with Crippen molar-refractivity contribution < 1.29 is 4.79 Å². The summed E-state index contributed by atoms with van der Waals surface area (Å²) in [6, 6.07) is 1.97. The van der Waals surface area contributed by atoms with Crippen LogP contribution in [0.1, 0.15) is 43.0 Å². The van der Waals surface area contributed by atoms with Gasteiger partial charge in [-0.3, -0.25) is 4.79 Å². The van der Waals surface area contributed by atoms with Gasteiger partial charge >= 0.3 is 0 Å². The second-order valence-electron chi connectivity index (χ2n) is 3.02. The number of hydrogen-bond donors (Lipinski definition) is 0. The van der Waals surface area contributed by atoms with E-state index in [0.717, 1.165) is 18.4 Å². The summed E-state index contributed by atoms with van der Waals surface area (Å²) in [5.41, 5.74) is 0.894. The molecule has 0 aliphatic rings. The molecule has 0 bridgehead atoms. The molecule has 0 spiro atoms. The molecule has 0 unspecified atom stereocenters. The molecule has 0 aliphatic carbocycles. The van der Waals surface area contributed by atoms with Gasteiger partial charge < -0.3 is 0 Å². The standard InChI is InChI=1S/C10H13IOS/c1-2-3-4-5-9(12)8-6-10(11)13-7-8/h6-7H,2-5H2,1H3. The number of Topliss-reactive ketones (excluding diaryl/α,β-unsaturated/α-hetero) is 1. The number of hydrogen-bond acceptors (Lipinski definition) is 2. The fraction of sp³-hybridized carbons (Fsp3) is 0.500. The number of carbonyl (C=O) groups excluding carboxylic acids is 1. The number of carbonyl (C=O) groups is 1. The van der Waals surface area contributed by atoms with Crippen molar-refractivity contribution in [1.29, 1.82) is 0 Å². The first kappa shape index (κ1) is 11.2. The molecule has 0 radical (unpaired) electrons. The molecule has 1 heterocycles. The molecule has 0 fully saturated rings. The zero-order chi connectivity index (χ0) is 9.68. The largest absolute Gasteiger partial charge is 0.294 e. The van der Waals surface area contributed by atoms with Gasteiger partial charge in [0.15, 0.2) is 5.78 Å². The van der Waals surface area contributed by atoms with Crippen LogP contribution in [0.5, 0.6) is 0 Å². The van der Waals surface area contributed by atoms with E-state index in [1.165, 1.54) is 9.30 Å². The molecule has 0 saturated heterocycles. The zero-order valence-electron chi connectivity index (χ0n) is 7.68. The molecule has 0 amide bonds. The van der Waals surface area contributed by atoms with Gasteiger partial charge in [0.2, 0.25) is 0 Å². The summed E-state index contributed by atoms with van der Waals surface area (Å²) in [5, 5.41) is 1.95. The van der Waals surface area contributed by atoms with Crippen molar-refractivity contribution in [3.63, 3.8) is 0 Å². The molecule has 0 aromatic carbocycles. The van der Waals surface area contributed by atoms with E-state index in [9.17, 15) is 4.79 Å². The average Bonchev–Trinajstić information content (AvgIpc) is 2.52. The third kappa shape index (κ3) is 3.77. The van der Waals surface area contributed by atoms with E-state index in [2.05, 4.69) is 29.5 Å². The average molecular weight is 308 g/mol. The Hall–Kier alpha value is 0.1000. The quantitative estimate of drug-likeness (QED) is 0.454. The van der Waals surface area contributed by atoms with Gasteiger partial charge in [-0.15, -0.1) is 11.3 Å². The first-order chi connectivity index (χ1) is 6.24. The highest BCUT2D eigenvalue weighted by atomic mass is 127. The molecule has 1 aromatic heterocycles. The Morgan fingerprint density at radius 3 is 2.85 bits per heavy atom. The third-order valence-corrected chi connectivity index (χ3v) is 3.69. The van der Waals surface area contributed by atoms with E-state index >= 15 is 0 Å². The van der Waals surface area contributed by atoms with Crippen molar-refractivity contribution in [2.24, 2.45) is 0 Å². The number of halogens is 1. The van der Waals surface area contributed by atoms with Gasteiger partial charge in [-0.05, 0) is 35.1 Å². The molecule has 0 N–H and O–H groups in total. The van der Waals surface area contributed by atoms with Gasteiger partial charge in [-0.25, -0.2) is 0 Å². The van der Waals surface area contributed by atoms with Crippen LogP contribution in [0.3, 0.4) is 0 Å². The van der Waals surface area contributed by atoms with Gasteiger partial charge in [0, 0.05) is 17.4 Å². The van der Waals surface area contributed by atoms with Crippen molar-refractivity contribution in [2.45, 2.75) is 32.6 Å². The van der Waals surface area contributed by atoms with Crippen LogP contribution in [0.15, 0.2) is 11.4 Å². The van der Waals surface area contributed by atoms with E-state index in [4.69, 9.17) is 0 Å². The number of unbranched alkanes of at least 4 members (excludes halogenated alkanes) is 2. The Morgan fingerprint density at radius 1 is 1.54 bits per heavy atom. The molecule has 72 valence electrons. The maximum Gasteiger partial charge on any atom is 0.163 e. The first-order valence-corrected chi connectivity index (χ1v) is 6.47. The van der Waals surface area contributed by atoms with Crippen LogP contribution < -0.4 is 0 Å². The molecule has 1 aromatic rings. The van der Waals surface area contributed by atoms with Gasteiger partial charge in [-0.2, -0.15) is 0 Å². The Balaban J connectivity index is 2.40. The molecule has 1 nitrogen and oxygen atoms in total. The fourth-order valence-electron chi connectivity index (χ4n) is 1.14. The summed E-state index contributed by atoms with van der Waals surface area (Å²) < 4.78 is 1.19. The summed E-state index contributed by atoms with van der Waals surface area (Å²) in [4.78, 5) is 11.5. The van der Waals surface area contributed by atoms with Gasteiger partial charge in [0.05, 0.1) is 2.88 Å². The third-order valence-electron chi connectivity index (χ3n) is 1.90. The highest BCUT2D eigenvalue weighted by molar-refractivity contribution is 14.1. The van der Waals surface area contributed by atoms with E-state index in [-0.39, 0.29) is 0 Å². The lowest BCUT2D eigenvalue weighted by Crippen LogP contribution is -1.96. The van der Waals surface area contributed by atoms with Crippen LogP contribution in [0.2, 0.25) is 0 Å². The van der Waals surface area contributed by atoms with Crippen LogP contribution in [0, 0.1) is 2.88 Å². The molecule has 13 heavy (non-hydrogen) atoms. The normalized spacial score (nSPS) is 10.3. The lowest BCUT2D eigenvalue weighted by atomic mass is 10.1. The lowest BCUT2D eigenvalue weighted by Gasteiger charge is -1.96. The van der Waals surface area contributed by atoms with Crippen LogP contribution in [-0.2, 0) is 0 Å². The van der Waals surface area contributed by atoms with Gasteiger partial charge in [0.1, 0.15) is 0 Å². The molecular formula is C10H13IOS. The van der Waals surface area contributed by atoms with Crippen LogP contribution in [-0.4, -0.2) is 5.78 Å². The van der Waals surface area contributed by atoms with Crippen LogP contribution in [0.4, 0.5) is 0 Å². The van der Waals surface area contributed by atoms with Crippen molar-refractivity contribution in [1.82, 2.24) is 0 Å². The predicted molar refractivity (Wildman–Crippen MR) is 65.5 cm³/mol. The summed E-state index contributed by atoms with van der Waals surface area (Å²) in [6.07, 6.45) is 4.07. The number of ketones is 1. The molecule has 3 heteroatoms. The van der Waals surface area contributed by atoms with Crippen LogP contribution in [0.25, 0.3) is 0 Å². The van der Waals surface area contributed by atoms with Gasteiger partial charge in [-0.1, -0.05) is 19.8 Å². The topological polar surface area (TPSA) is 17.1 Å².